The van der Waals surface area contributed by atoms with E-state index in [-0.39, 0.29) is 26.1 Å². The van der Waals surface area contributed by atoms with Crippen LogP contribution in [0.15, 0.2) is 17.0 Å². The van der Waals surface area contributed by atoms with Crippen molar-refractivity contribution in [3.63, 3.8) is 0 Å². The Morgan fingerprint density at radius 1 is 1.14 bits per heavy atom. The van der Waals surface area contributed by atoms with Crippen LogP contribution in [-0.4, -0.2) is 37.5 Å². The van der Waals surface area contributed by atoms with Crippen LogP contribution in [0.4, 0.5) is 13.2 Å². The van der Waals surface area contributed by atoms with E-state index in [1.165, 1.54) is 0 Å². The molecule has 0 amide bonds. The highest BCUT2D eigenvalue weighted by atomic mass is 32.2. The molecule has 0 aliphatic heterocycles. The summed E-state index contributed by atoms with van der Waals surface area (Å²) in [6.07, 6.45) is 0.182. The van der Waals surface area contributed by atoms with Crippen LogP contribution in [0, 0.1) is 22.9 Å². The maximum Gasteiger partial charge on any atom is 0.243 e. The maximum atomic E-state index is 13.3. The van der Waals surface area contributed by atoms with Gasteiger partial charge in [-0.25, -0.2) is 21.6 Å². The predicted octanol–water partition coefficient (Wildman–Crippen LogP) is 2.52. The molecule has 22 heavy (non-hydrogen) atoms. The van der Waals surface area contributed by atoms with Crippen molar-refractivity contribution in [2.45, 2.75) is 32.1 Å². The summed E-state index contributed by atoms with van der Waals surface area (Å²) in [4.78, 5) is -0.647. The molecule has 1 aromatic rings. The van der Waals surface area contributed by atoms with Gasteiger partial charge in [0.1, 0.15) is 0 Å². The molecule has 0 bridgehead atoms. The van der Waals surface area contributed by atoms with E-state index in [1.54, 1.807) is 20.8 Å². The number of aliphatic hydroxyl groups excluding tert-OH is 1. The molecular weight excluding hydrogens is 319 g/mol. The van der Waals surface area contributed by atoms with Crippen LogP contribution in [0.5, 0.6) is 0 Å². The van der Waals surface area contributed by atoms with Crippen molar-refractivity contribution in [3.8, 4) is 0 Å². The van der Waals surface area contributed by atoms with Crippen molar-refractivity contribution in [1.82, 2.24) is 4.31 Å². The molecule has 8 heteroatoms. The van der Waals surface area contributed by atoms with Crippen molar-refractivity contribution >= 4 is 10.0 Å². The van der Waals surface area contributed by atoms with Crippen LogP contribution in [0.1, 0.15) is 27.2 Å². The topological polar surface area (TPSA) is 57.6 Å². The minimum absolute atomic E-state index is 0.00326. The van der Waals surface area contributed by atoms with E-state index in [1.807, 2.05) is 0 Å². The number of sulfonamides is 1. The first-order chi connectivity index (χ1) is 9.99. The average Bonchev–Trinajstić information content (AvgIpc) is 2.38. The highest BCUT2D eigenvalue weighted by Gasteiger charge is 2.30. The summed E-state index contributed by atoms with van der Waals surface area (Å²) < 4.78 is 65.6. The number of nitrogens with zero attached hydrogens (tertiary/aromatic N) is 1. The molecule has 4 nitrogen and oxygen atoms in total. The quantitative estimate of drug-likeness (QED) is 0.810. The van der Waals surface area contributed by atoms with Gasteiger partial charge in [-0.15, -0.1) is 0 Å². The molecular formula is C14H20F3NO3S. The predicted molar refractivity (Wildman–Crippen MR) is 76.2 cm³/mol. The molecule has 0 aliphatic rings. The van der Waals surface area contributed by atoms with Crippen LogP contribution < -0.4 is 0 Å². The third kappa shape index (κ3) is 4.69. The molecule has 0 aliphatic carbocycles. The smallest absolute Gasteiger partial charge is 0.243 e. The minimum atomic E-state index is -4.19. The van der Waals surface area contributed by atoms with Gasteiger partial charge in [-0.2, -0.15) is 4.31 Å². The molecule has 126 valence electrons. The lowest BCUT2D eigenvalue weighted by Gasteiger charge is -2.29. The Bertz CT molecular complexity index is 604. The van der Waals surface area contributed by atoms with Crippen molar-refractivity contribution < 1.29 is 26.7 Å². The summed E-state index contributed by atoms with van der Waals surface area (Å²) in [5.41, 5.74) is -0.403. The molecule has 0 fully saturated rings. The number of hydrogen-bond donors (Lipinski definition) is 1. The molecule has 1 N–H and O–H groups in total. The van der Waals surface area contributed by atoms with E-state index in [2.05, 4.69) is 0 Å². The Hall–Kier alpha value is -1.12. The molecule has 0 saturated carbocycles. The Balaban J connectivity index is 3.26. The van der Waals surface area contributed by atoms with E-state index >= 15 is 0 Å². The second-order valence-electron chi connectivity index (χ2n) is 6.18. The lowest BCUT2D eigenvalue weighted by molar-refractivity contribution is 0.240. The van der Waals surface area contributed by atoms with Gasteiger partial charge in [-0.3, -0.25) is 0 Å². The van der Waals surface area contributed by atoms with Crippen LogP contribution in [0.3, 0.4) is 0 Å². The monoisotopic (exact) mass is 339 g/mol. The van der Waals surface area contributed by atoms with E-state index in [0.717, 1.165) is 4.31 Å². The van der Waals surface area contributed by atoms with Gasteiger partial charge in [-0.1, -0.05) is 20.8 Å². The molecule has 0 atom stereocenters. The van der Waals surface area contributed by atoms with Gasteiger partial charge in [0.05, 0.1) is 4.90 Å². The van der Waals surface area contributed by atoms with Gasteiger partial charge in [-0.05, 0) is 24.0 Å². The van der Waals surface area contributed by atoms with Gasteiger partial charge in [0.2, 0.25) is 10.0 Å². The third-order valence-corrected chi connectivity index (χ3v) is 4.63. The summed E-state index contributed by atoms with van der Waals surface area (Å²) in [6, 6.07) is 0.921. The summed E-state index contributed by atoms with van der Waals surface area (Å²) in [7, 11) is -4.19. The summed E-state index contributed by atoms with van der Waals surface area (Å²) in [6.45, 7) is 5.29. The Kier molecular flexibility index (Phi) is 6.00. The molecule has 1 rings (SSSR count). The SMILES string of the molecule is CC(C)(C)CN(CCCO)S(=O)(=O)c1cc(F)c(F)c(F)c1. The van der Waals surface area contributed by atoms with Crippen molar-refractivity contribution in [2.24, 2.45) is 5.41 Å². The highest BCUT2D eigenvalue weighted by molar-refractivity contribution is 7.89. The highest BCUT2D eigenvalue weighted by Crippen LogP contribution is 2.25. The Labute approximate surface area is 128 Å². The average molecular weight is 339 g/mol. The number of aliphatic hydroxyl groups is 1. The number of halogens is 3. The number of rotatable bonds is 6. The van der Waals surface area contributed by atoms with Crippen molar-refractivity contribution in [3.05, 3.63) is 29.6 Å². The van der Waals surface area contributed by atoms with Gasteiger partial charge >= 0.3 is 0 Å². The molecule has 0 saturated heterocycles. The van der Waals surface area contributed by atoms with Crippen LogP contribution in [-0.2, 0) is 10.0 Å². The van der Waals surface area contributed by atoms with Gasteiger partial charge in [0.15, 0.2) is 17.5 Å². The Morgan fingerprint density at radius 2 is 1.64 bits per heavy atom. The van der Waals surface area contributed by atoms with Gasteiger partial charge < -0.3 is 5.11 Å². The van der Waals surface area contributed by atoms with E-state index in [4.69, 9.17) is 5.11 Å². The second kappa shape index (κ2) is 6.97. The zero-order chi connectivity index (χ0) is 17.1. The van der Waals surface area contributed by atoms with E-state index < -0.39 is 37.8 Å². The maximum absolute atomic E-state index is 13.3. The van der Waals surface area contributed by atoms with Crippen molar-refractivity contribution in [1.29, 1.82) is 0 Å². The third-order valence-electron chi connectivity index (χ3n) is 2.81. The fourth-order valence-corrected chi connectivity index (χ4v) is 3.62. The van der Waals surface area contributed by atoms with Gasteiger partial charge in [0, 0.05) is 19.7 Å². The van der Waals surface area contributed by atoms with E-state index in [0.29, 0.717) is 12.1 Å². The first kappa shape index (κ1) is 18.9. The standard InChI is InChI=1S/C14H20F3NO3S/c1-14(2,3)9-18(5-4-6-19)22(20,21)10-7-11(15)13(17)12(16)8-10/h7-8,19H,4-6,9H2,1-3H3. The number of hydrogen-bond acceptors (Lipinski definition) is 3. The number of benzene rings is 1. The summed E-state index contributed by atoms with van der Waals surface area (Å²) in [5, 5.41) is 8.88. The molecule has 1 aromatic carbocycles. The molecule has 0 heterocycles. The van der Waals surface area contributed by atoms with Crippen LogP contribution in [0.25, 0.3) is 0 Å². The largest absolute Gasteiger partial charge is 0.396 e. The van der Waals surface area contributed by atoms with Crippen molar-refractivity contribution in [2.75, 3.05) is 19.7 Å². The molecule has 0 spiro atoms. The van der Waals surface area contributed by atoms with Gasteiger partial charge in [0.25, 0.3) is 0 Å². The van der Waals surface area contributed by atoms with E-state index in [9.17, 15) is 21.6 Å². The lowest BCUT2D eigenvalue weighted by Crippen LogP contribution is -2.38. The van der Waals surface area contributed by atoms with Crippen LogP contribution >= 0.6 is 0 Å². The lowest BCUT2D eigenvalue weighted by atomic mass is 9.97. The summed E-state index contributed by atoms with van der Waals surface area (Å²) in [5.74, 6) is -4.83. The molecule has 0 radical (unpaired) electrons. The summed E-state index contributed by atoms with van der Waals surface area (Å²) >= 11 is 0. The zero-order valence-electron chi connectivity index (χ0n) is 12.7. The first-order valence-corrected chi connectivity index (χ1v) is 8.18. The van der Waals surface area contributed by atoms with Crippen LogP contribution in [0.2, 0.25) is 0 Å². The Morgan fingerprint density at radius 3 is 2.05 bits per heavy atom. The fraction of sp³-hybridized carbons (Fsp3) is 0.571. The molecule has 0 aromatic heterocycles. The first-order valence-electron chi connectivity index (χ1n) is 6.74. The second-order valence-corrected chi connectivity index (χ2v) is 8.12. The molecule has 0 unspecified atom stereocenters. The minimum Gasteiger partial charge on any atom is -0.396 e. The normalized spacial score (nSPS) is 12.9. The fourth-order valence-electron chi connectivity index (χ4n) is 1.89. The zero-order valence-corrected chi connectivity index (χ0v) is 13.6.